The third kappa shape index (κ3) is 2.71. The largest absolute Gasteiger partial charge is 0.478 e. The van der Waals surface area contributed by atoms with Crippen molar-refractivity contribution in [2.75, 3.05) is 5.32 Å². The Bertz CT molecular complexity index is 531. The van der Waals surface area contributed by atoms with E-state index in [4.69, 9.17) is 0 Å². The lowest BCUT2D eigenvalue weighted by Gasteiger charge is -2.37. The van der Waals surface area contributed by atoms with Crippen LogP contribution in [-0.2, 0) is 4.79 Å². The van der Waals surface area contributed by atoms with Crippen molar-refractivity contribution in [1.29, 1.82) is 0 Å². The van der Waals surface area contributed by atoms with Gasteiger partial charge in [0.25, 0.3) is 0 Å². The number of hydrogen-bond acceptors (Lipinski definition) is 2. The Balaban J connectivity index is 2.18. The van der Waals surface area contributed by atoms with E-state index in [-0.39, 0.29) is 22.8 Å². The molecule has 5 nitrogen and oxygen atoms in total. The van der Waals surface area contributed by atoms with Crippen LogP contribution in [0.5, 0.6) is 0 Å². The van der Waals surface area contributed by atoms with Crippen molar-refractivity contribution in [2.45, 2.75) is 46.5 Å². The van der Waals surface area contributed by atoms with Gasteiger partial charge in [0.05, 0.1) is 5.69 Å². The zero-order valence-electron chi connectivity index (χ0n) is 12.2. The number of carbonyl (C=O) groups is 2. The molecule has 20 heavy (non-hydrogen) atoms. The third-order valence-electron chi connectivity index (χ3n) is 4.37. The summed E-state index contributed by atoms with van der Waals surface area (Å²) < 4.78 is 0. The van der Waals surface area contributed by atoms with Crippen molar-refractivity contribution >= 4 is 17.6 Å². The molecule has 1 atom stereocenters. The number of hydrogen-bond donors (Lipinski definition) is 3. The van der Waals surface area contributed by atoms with Crippen LogP contribution in [-0.4, -0.2) is 22.0 Å². The van der Waals surface area contributed by atoms with Crippen LogP contribution in [0.3, 0.4) is 0 Å². The van der Waals surface area contributed by atoms with E-state index in [1.807, 2.05) is 0 Å². The van der Waals surface area contributed by atoms with Gasteiger partial charge >= 0.3 is 5.97 Å². The van der Waals surface area contributed by atoms with Crippen LogP contribution in [0.25, 0.3) is 0 Å². The summed E-state index contributed by atoms with van der Waals surface area (Å²) in [6.07, 6.45) is 5.65. The molecule has 110 valence electrons. The molecule has 1 aromatic heterocycles. The number of carboxylic acids is 1. The van der Waals surface area contributed by atoms with E-state index in [9.17, 15) is 14.7 Å². The first-order valence-corrected chi connectivity index (χ1v) is 7.05. The molecule has 0 aliphatic heterocycles. The van der Waals surface area contributed by atoms with Gasteiger partial charge in [-0.15, -0.1) is 0 Å². The number of carbonyl (C=O) groups excluding carboxylic acids is 1. The molecule has 1 unspecified atom stereocenters. The molecule has 1 aliphatic carbocycles. The molecule has 0 spiro atoms. The Hall–Kier alpha value is -1.78. The SMILES string of the molecule is Cc1[nH]cc(NC(=O)C2CCCCC2(C)C)c1C(=O)O. The van der Waals surface area contributed by atoms with Gasteiger partial charge in [0.1, 0.15) is 5.56 Å². The summed E-state index contributed by atoms with van der Waals surface area (Å²) in [4.78, 5) is 26.5. The van der Waals surface area contributed by atoms with Crippen LogP contribution in [0.1, 0.15) is 55.6 Å². The Morgan fingerprint density at radius 3 is 2.70 bits per heavy atom. The van der Waals surface area contributed by atoms with Gasteiger partial charge in [0.2, 0.25) is 5.91 Å². The summed E-state index contributed by atoms with van der Waals surface area (Å²) in [6, 6.07) is 0. The lowest BCUT2D eigenvalue weighted by molar-refractivity contribution is -0.124. The van der Waals surface area contributed by atoms with Gasteiger partial charge in [-0.3, -0.25) is 4.79 Å². The first-order chi connectivity index (χ1) is 9.33. The van der Waals surface area contributed by atoms with E-state index in [2.05, 4.69) is 24.1 Å². The number of rotatable bonds is 3. The number of aromatic nitrogens is 1. The Morgan fingerprint density at radius 1 is 1.40 bits per heavy atom. The minimum absolute atomic E-state index is 0.0307. The maximum Gasteiger partial charge on any atom is 0.339 e. The summed E-state index contributed by atoms with van der Waals surface area (Å²) in [6.45, 7) is 5.90. The molecule has 0 radical (unpaired) electrons. The van der Waals surface area contributed by atoms with Crippen molar-refractivity contribution in [3.8, 4) is 0 Å². The second-order valence-electron chi connectivity index (χ2n) is 6.28. The van der Waals surface area contributed by atoms with Crippen LogP contribution in [0, 0.1) is 18.3 Å². The second kappa shape index (κ2) is 5.31. The molecule has 0 aromatic carbocycles. The van der Waals surface area contributed by atoms with Crippen molar-refractivity contribution in [1.82, 2.24) is 4.98 Å². The van der Waals surface area contributed by atoms with Gasteiger partial charge in [-0.25, -0.2) is 4.79 Å². The highest BCUT2D eigenvalue weighted by Gasteiger charge is 2.37. The normalized spacial score (nSPS) is 21.4. The fraction of sp³-hybridized carbons (Fsp3) is 0.600. The highest BCUT2D eigenvalue weighted by molar-refractivity contribution is 6.02. The van der Waals surface area contributed by atoms with Crippen LogP contribution in [0.15, 0.2) is 6.20 Å². The number of amides is 1. The van der Waals surface area contributed by atoms with E-state index in [1.54, 1.807) is 13.1 Å². The second-order valence-corrected chi connectivity index (χ2v) is 6.28. The molecule has 1 fully saturated rings. The van der Waals surface area contributed by atoms with Gasteiger partial charge in [-0.05, 0) is 25.2 Å². The summed E-state index contributed by atoms with van der Waals surface area (Å²) in [5, 5.41) is 12.0. The average molecular weight is 278 g/mol. The number of H-pyrrole nitrogens is 1. The minimum Gasteiger partial charge on any atom is -0.478 e. The topological polar surface area (TPSA) is 82.2 Å². The van der Waals surface area contributed by atoms with E-state index < -0.39 is 5.97 Å². The molecule has 2 rings (SSSR count). The number of aromatic carboxylic acids is 1. The van der Waals surface area contributed by atoms with E-state index >= 15 is 0 Å². The average Bonchev–Trinajstić information content (AvgIpc) is 2.69. The summed E-state index contributed by atoms with van der Waals surface area (Å²) in [5.74, 6) is -1.16. The number of anilines is 1. The lowest BCUT2D eigenvalue weighted by Crippen LogP contribution is -2.37. The zero-order valence-corrected chi connectivity index (χ0v) is 12.2. The summed E-state index contributed by atoms with van der Waals surface area (Å²) >= 11 is 0. The fourth-order valence-corrected chi connectivity index (χ4v) is 3.10. The quantitative estimate of drug-likeness (QED) is 0.794. The van der Waals surface area contributed by atoms with E-state index in [0.29, 0.717) is 11.4 Å². The highest BCUT2D eigenvalue weighted by atomic mass is 16.4. The number of aryl methyl sites for hydroxylation is 1. The van der Waals surface area contributed by atoms with E-state index in [0.717, 1.165) is 25.7 Å². The minimum atomic E-state index is -1.03. The molecule has 1 aromatic rings. The fourth-order valence-electron chi connectivity index (χ4n) is 3.10. The zero-order chi connectivity index (χ0) is 14.9. The van der Waals surface area contributed by atoms with Crippen molar-refractivity contribution in [3.63, 3.8) is 0 Å². The Kier molecular flexibility index (Phi) is 3.88. The Labute approximate surface area is 118 Å². The molecule has 1 amide bonds. The summed E-state index contributed by atoms with van der Waals surface area (Å²) in [5.41, 5.74) is 1.03. The molecule has 0 saturated heterocycles. The first-order valence-electron chi connectivity index (χ1n) is 7.05. The molecule has 1 aliphatic rings. The highest BCUT2D eigenvalue weighted by Crippen LogP contribution is 2.41. The van der Waals surface area contributed by atoms with Crippen molar-refractivity contribution in [3.05, 3.63) is 17.5 Å². The molecular weight excluding hydrogens is 256 g/mol. The van der Waals surface area contributed by atoms with Crippen LogP contribution in [0.2, 0.25) is 0 Å². The predicted molar refractivity (Wildman–Crippen MR) is 76.9 cm³/mol. The first kappa shape index (κ1) is 14.6. The standard InChI is InChI=1S/C15H22N2O3/c1-9-12(14(19)20)11(8-16-9)17-13(18)10-6-4-5-7-15(10,2)3/h8,10,16H,4-7H2,1-3H3,(H,17,18)(H,19,20). The van der Waals surface area contributed by atoms with E-state index in [1.165, 1.54) is 0 Å². The molecule has 1 saturated carbocycles. The van der Waals surface area contributed by atoms with Gasteiger partial charge < -0.3 is 15.4 Å². The molecule has 1 heterocycles. The van der Waals surface area contributed by atoms with Gasteiger partial charge in [-0.1, -0.05) is 26.7 Å². The molecule has 3 N–H and O–H groups in total. The van der Waals surface area contributed by atoms with Crippen LogP contribution in [0.4, 0.5) is 5.69 Å². The lowest BCUT2D eigenvalue weighted by atomic mass is 9.68. The van der Waals surface area contributed by atoms with Gasteiger partial charge in [0.15, 0.2) is 0 Å². The van der Waals surface area contributed by atoms with Gasteiger partial charge in [0, 0.05) is 17.8 Å². The maximum atomic E-state index is 12.4. The molecular formula is C15H22N2O3. The Morgan fingerprint density at radius 2 is 2.10 bits per heavy atom. The number of nitrogens with one attached hydrogen (secondary N) is 2. The van der Waals surface area contributed by atoms with Gasteiger partial charge in [-0.2, -0.15) is 0 Å². The molecule has 5 heteroatoms. The number of carboxylic acid groups (broad SMARTS) is 1. The monoisotopic (exact) mass is 278 g/mol. The number of aromatic amines is 1. The van der Waals surface area contributed by atoms with Crippen molar-refractivity contribution < 1.29 is 14.7 Å². The van der Waals surface area contributed by atoms with Crippen LogP contribution >= 0.6 is 0 Å². The van der Waals surface area contributed by atoms with Crippen molar-refractivity contribution in [2.24, 2.45) is 11.3 Å². The predicted octanol–water partition coefficient (Wildman–Crippen LogP) is 3.18. The maximum absolute atomic E-state index is 12.4. The molecule has 0 bridgehead atoms. The van der Waals surface area contributed by atoms with Crippen LogP contribution < -0.4 is 5.32 Å². The smallest absolute Gasteiger partial charge is 0.339 e. The summed E-state index contributed by atoms with van der Waals surface area (Å²) in [7, 11) is 0. The third-order valence-corrected chi connectivity index (χ3v) is 4.37.